The smallest absolute Gasteiger partial charge is 0.269 e. The first kappa shape index (κ1) is 10.3. The number of hydrogen-bond donors (Lipinski definition) is 0. The maximum atomic E-state index is 5.97. The second kappa shape index (κ2) is 3.75. The predicted molar refractivity (Wildman–Crippen MR) is 55.9 cm³/mol. The molecule has 0 bridgehead atoms. The number of halogens is 2. The Morgan fingerprint density at radius 3 is 2.73 bits per heavy atom. The molecule has 2 heterocycles. The van der Waals surface area contributed by atoms with Crippen LogP contribution in [0.3, 0.4) is 0 Å². The highest BCUT2D eigenvalue weighted by atomic mass is 35.5. The molecule has 0 aliphatic carbocycles. The lowest BCUT2D eigenvalue weighted by Gasteiger charge is -2.14. The van der Waals surface area contributed by atoms with Crippen LogP contribution in [-0.4, -0.2) is 22.3 Å². The van der Waals surface area contributed by atoms with Crippen LogP contribution in [0.1, 0.15) is 5.56 Å². The third-order valence-corrected chi connectivity index (χ3v) is 2.46. The Balaban J connectivity index is 2.45. The molecule has 1 aromatic heterocycles. The first-order valence-corrected chi connectivity index (χ1v) is 4.79. The van der Waals surface area contributed by atoms with E-state index in [0.29, 0.717) is 16.5 Å². The molecule has 15 heavy (non-hydrogen) atoms. The molecule has 0 aromatic carbocycles. The van der Waals surface area contributed by atoms with E-state index in [4.69, 9.17) is 32.8 Å². The maximum absolute atomic E-state index is 5.97. The van der Waals surface area contributed by atoms with Gasteiger partial charge < -0.3 is 9.57 Å². The summed E-state index contributed by atoms with van der Waals surface area (Å²) in [7, 11) is 1.66. The van der Waals surface area contributed by atoms with E-state index in [2.05, 4.69) is 16.8 Å². The van der Waals surface area contributed by atoms with E-state index in [1.54, 1.807) is 7.05 Å². The molecule has 0 amide bonds. The van der Waals surface area contributed by atoms with Crippen LogP contribution in [0.15, 0.2) is 17.5 Å². The molecule has 0 radical (unpaired) electrons. The van der Waals surface area contributed by atoms with Gasteiger partial charge in [-0.3, -0.25) is 4.68 Å². The van der Waals surface area contributed by atoms with Crippen molar-refractivity contribution in [2.75, 3.05) is 6.61 Å². The van der Waals surface area contributed by atoms with E-state index in [9.17, 15) is 0 Å². The third kappa shape index (κ3) is 1.80. The summed E-state index contributed by atoms with van der Waals surface area (Å²) in [5.74, 6) is 0.616. The van der Waals surface area contributed by atoms with Gasteiger partial charge in [0.1, 0.15) is 16.5 Å². The fraction of sp³-hybridized carbons (Fsp3) is 0.250. The molecule has 0 saturated heterocycles. The number of ether oxygens (including phenoxy) is 1. The van der Waals surface area contributed by atoms with Crippen molar-refractivity contribution in [1.29, 1.82) is 0 Å². The van der Waals surface area contributed by atoms with Gasteiger partial charge in [0.05, 0.1) is 0 Å². The Morgan fingerprint density at radius 1 is 1.47 bits per heavy atom. The van der Waals surface area contributed by atoms with E-state index in [-0.39, 0.29) is 17.7 Å². The molecular formula is C8H7Cl2N3O2. The zero-order valence-corrected chi connectivity index (χ0v) is 9.34. The van der Waals surface area contributed by atoms with E-state index in [1.807, 2.05) is 0 Å². The van der Waals surface area contributed by atoms with Crippen molar-refractivity contribution in [3.63, 3.8) is 0 Å². The number of nitrogens with zero attached hydrogens (tertiary/aromatic N) is 3. The summed E-state index contributed by atoms with van der Waals surface area (Å²) in [5, 5.41) is 8.15. The number of hydrogen-bond acceptors (Lipinski definition) is 4. The highest BCUT2D eigenvalue weighted by Crippen LogP contribution is 2.26. The molecule has 0 atom stereocenters. The molecule has 1 aliphatic rings. The van der Waals surface area contributed by atoms with E-state index in [0.717, 1.165) is 0 Å². The van der Waals surface area contributed by atoms with Crippen LogP contribution in [0.2, 0.25) is 10.3 Å². The average molecular weight is 248 g/mol. The van der Waals surface area contributed by atoms with Gasteiger partial charge in [-0.2, -0.15) is 5.10 Å². The molecule has 0 saturated carbocycles. The molecule has 0 N–H and O–H groups in total. The molecule has 5 nitrogen and oxygen atoms in total. The van der Waals surface area contributed by atoms with Crippen molar-refractivity contribution < 1.29 is 9.57 Å². The summed E-state index contributed by atoms with van der Waals surface area (Å²) in [6, 6.07) is 0. The lowest BCUT2D eigenvalue weighted by atomic mass is 10.3. The van der Waals surface area contributed by atoms with E-state index in [1.165, 1.54) is 4.68 Å². The summed E-state index contributed by atoms with van der Waals surface area (Å²) in [4.78, 5) is 4.88. The van der Waals surface area contributed by atoms with Gasteiger partial charge in [0, 0.05) is 7.05 Å². The SMILES string of the molecule is C=C1CON=C(c2c(Cl)nn(C)c2Cl)O1. The summed E-state index contributed by atoms with van der Waals surface area (Å²) in [6.07, 6.45) is 0. The Morgan fingerprint density at radius 2 is 2.20 bits per heavy atom. The van der Waals surface area contributed by atoms with Gasteiger partial charge in [-0.1, -0.05) is 29.8 Å². The van der Waals surface area contributed by atoms with Crippen LogP contribution < -0.4 is 0 Å². The Bertz CT molecular complexity index is 453. The Labute approximate surface area is 95.9 Å². The number of oxime groups is 1. The molecule has 2 rings (SSSR count). The Hall–Kier alpha value is -1.20. The minimum atomic E-state index is 0.175. The molecule has 0 spiro atoms. The van der Waals surface area contributed by atoms with Gasteiger partial charge in [-0.25, -0.2) is 0 Å². The van der Waals surface area contributed by atoms with Gasteiger partial charge in [-0.05, 0) is 5.16 Å². The van der Waals surface area contributed by atoms with Crippen LogP contribution in [-0.2, 0) is 16.6 Å². The molecular weight excluding hydrogens is 241 g/mol. The van der Waals surface area contributed by atoms with Crippen LogP contribution in [0, 0.1) is 0 Å². The second-order valence-electron chi connectivity index (χ2n) is 2.89. The minimum Gasteiger partial charge on any atom is -0.437 e. The number of rotatable bonds is 1. The minimum absolute atomic E-state index is 0.175. The first-order valence-electron chi connectivity index (χ1n) is 4.03. The lowest BCUT2D eigenvalue weighted by molar-refractivity contribution is 0.106. The van der Waals surface area contributed by atoms with Gasteiger partial charge >= 0.3 is 0 Å². The first-order chi connectivity index (χ1) is 7.09. The highest BCUT2D eigenvalue weighted by Gasteiger charge is 2.23. The van der Waals surface area contributed by atoms with Crippen LogP contribution in [0.25, 0.3) is 0 Å². The lowest BCUT2D eigenvalue weighted by Crippen LogP contribution is -2.15. The largest absolute Gasteiger partial charge is 0.437 e. The zero-order chi connectivity index (χ0) is 11.0. The van der Waals surface area contributed by atoms with E-state index >= 15 is 0 Å². The molecule has 0 fully saturated rings. The van der Waals surface area contributed by atoms with Crippen LogP contribution in [0.4, 0.5) is 0 Å². The van der Waals surface area contributed by atoms with Gasteiger partial charge in [-0.15, -0.1) is 0 Å². The fourth-order valence-corrected chi connectivity index (χ4v) is 1.63. The highest BCUT2D eigenvalue weighted by molar-refractivity contribution is 6.38. The maximum Gasteiger partial charge on any atom is 0.269 e. The molecule has 7 heteroatoms. The predicted octanol–water partition coefficient (Wildman–Crippen LogP) is 1.95. The fourth-order valence-electron chi connectivity index (χ4n) is 1.09. The number of aryl methyl sites for hydroxylation is 1. The molecule has 1 aliphatic heterocycles. The van der Waals surface area contributed by atoms with Crippen molar-refractivity contribution in [3.05, 3.63) is 28.2 Å². The molecule has 1 aromatic rings. The van der Waals surface area contributed by atoms with Crippen LogP contribution in [0.5, 0.6) is 0 Å². The van der Waals surface area contributed by atoms with Crippen molar-refractivity contribution in [1.82, 2.24) is 9.78 Å². The molecule has 80 valence electrons. The Kier molecular flexibility index (Phi) is 2.58. The van der Waals surface area contributed by atoms with Gasteiger partial charge in [0.2, 0.25) is 0 Å². The number of aromatic nitrogens is 2. The monoisotopic (exact) mass is 247 g/mol. The zero-order valence-electron chi connectivity index (χ0n) is 7.83. The summed E-state index contributed by atoms with van der Waals surface area (Å²) in [6.45, 7) is 3.84. The van der Waals surface area contributed by atoms with E-state index < -0.39 is 0 Å². The third-order valence-electron chi connectivity index (χ3n) is 1.76. The van der Waals surface area contributed by atoms with Crippen molar-refractivity contribution in [2.45, 2.75) is 0 Å². The molecule has 0 unspecified atom stereocenters. The van der Waals surface area contributed by atoms with Gasteiger partial charge in [0.25, 0.3) is 5.90 Å². The topological polar surface area (TPSA) is 48.6 Å². The van der Waals surface area contributed by atoms with Crippen molar-refractivity contribution >= 4 is 29.1 Å². The quantitative estimate of drug-likeness (QED) is 0.763. The second-order valence-corrected chi connectivity index (χ2v) is 3.61. The summed E-state index contributed by atoms with van der Waals surface area (Å²) in [5.41, 5.74) is 0.404. The van der Waals surface area contributed by atoms with Gasteiger partial charge in [0.15, 0.2) is 11.8 Å². The average Bonchev–Trinajstić information content (AvgIpc) is 2.41. The van der Waals surface area contributed by atoms with Crippen LogP contribution >= 0.6 is 23.2 Å². The standard InChI is InChI=1S/C8H7Cl2N3O2/c1-4-3-14-12-8(15-4)5-6(9)11-13(2)7(5)10/h1,3H2,2H3. The summed E-state index contributed by atoms with van der Waals surface area (Å²) >= 11 is 11.8. The normalized spacial score (nSPS) is 15.7. The van der Waals surface area contributed by atoms with Crippen molar-refractivity contribution in [2.24, 2.45) is 12.2 Å². The van der Waals surface area contributed by atoms with Crippen molar-refractivity contribution in [3.8, 4) is 0 Å². The summed E-state index contributed by atoms with van der Waals surface area (Å²) < 4.78 is 6.67.